The van der Waals surface area contributed by atoms with Crippen molar-refractivity contribution in [1.29, 1.82) is 0 Å². The Bertz CT molecular complexity index is 623. The molecule has 2 N–H and O–H groups in total. The fourth-order valence-corrected chi connectivity index (χ4v) is 3.43. The van der Waals surface area contributed by atoms with Crippen molar-refractivity contribution >= 4 is 11.8 Å². The first kappa shape index (κ1) is 23.4. The molecule has 0 saturated carbocycles. The van der Waals surface area contributed by atoms with E-state index in [2.05, 4.69) is 61.2 Å². The highest BCUT2D eigenvalue weighted by Gasteiger charge is 2.18. The summed E-state index contributed by atoms with van der Waals surface area (Å²) < 4.78 is 11.5. The highest BCUT2D eigenvalue weighted by molar-refractivity contribution is 5.79. The van der Waals surface area contributed by atoms with Crippen LogP contribution in [0.4, 0.5) is 5.82 Å². The van der Waals surface area contributed by atoms with Gasteiger partial charge in [0.1, 0.15) is 5.82 Å². The summed E-state index contributed by atoms with van der Waals surface area (Å²) in [6.07, 6.45) is 3.35. The largest absolute Gasteiger partial charge is 0.378 e. The van der Waals surface area contributed by atoms with Crippen molar-refractivity contribution in [2.45, 2.75) is 59.8 Å². The van der Waals surface area contributed by atoms with E-state index in [4.69, 9.17) is 14.5 Å². The van der Waals surface area contributed by atoms with Gasteiger partial charge in [-0.05, 0) is 50.8 Å². The summed E-state index contributed by atoms with van der Waals surface area (Å²) >= 11 is 0. The Hall–Kier alpha value is -1.86. The van der Waals surface area contributed by atoms with Crippen LogP contribution in [0, 0.1) is 5.92 Å². The van der Waals surface area contributed by atoms with Crippen LogP contribution in [0.3, 0.4) is 0 Å². The Morgan fingerprint density at radius 1 is 1.38 bits per heavy atom. The zero-order valence-corrected chi connectivity index (χ0v) is 18.8. The zero-order valence-electron chi connectivity index (χ0n) is 18.8. The highest BCUT2D eigenvalue weighted by Crippen LogP contribution is 2.17. The molecule has 1 aliphatic rings. The highest BCUT2D eigenvalue weighted by atomic mass is 16.5. The van der Waals surface area contributed by atoms with Crippen molar-refractivity contribution < 1.29 is 9.47 Å². The standard InChI is InChI=1S/C22H39N5O2/c1-6-23-22(25-11-9-20(17(3)4)28-7-2)26-15-19-8-10-24-21(14-19)27-12-13-29-18(5)16-27/h8,10,14,17-18,20H,6-7,9,11-13,15-16H2,1-5H3,(H2,23,25,26). The van der Waals surface area contributed by atoms with Gasteiger partial charge in [-0.25, -0.2) is 9.98 Å². The first-order chi connectivity index (χ1) is 14.0. The van der Waals surface area contributed by atoms with Crippen LogP contribution in [0.15, 0.2) is 23.3 Å². The molecule has 164 valence electrons. The molecule has 2 atom stereocenters. The van der Waals surface area contributed by atoms with E-state index in [0.717, 1.165) is 63.2 Å². The molecule has 0 amide bonds. The monoisotopic (exact) mass is 405 g/mol. The van der Waals surface area contributed by atoms with E-state index >= 15 is 0 Å². The number of nitrogens with zero attached hydrogens (tertiary/aromatic N) is 3. The summed E-state index contributed by atoms with van der Waals surface area (Å²) in [6.45, 7) is 16.2. The van der Waals surface area contributed by atoms with Crippen molar-refractivity contribution in [1.82, 2.24) is 15.6 Å². The average molecular weight is 406 g/mol. The van der Waals surface area contributed by atoms with Crippen LogP contribution in [0.5, 0.6) is 0 Å². The molecule has 7 heteroatoms. The van der Waals surface area contributed by atoms with Gasteiger partial charge in [-0.1, -0.05) is 13.8 Å². The fraction of sp³-hybridized carbons (Fsp3) is 0.727. The molecule has 7 nitrogen and oxygen atoms in total. The third-order valence-corrected chi connectivity index (χ3v) is 4.98. The number of anilines is 1. The lowest BCUT2D eigenvalue weighted by Gasteiger charge is -2.32. The molecule has 1 aromatic rings. The molecular formula is C22H39N5O2. The maximum atomic E-state index is 5.83. The lowest BCUT2D eigenvalue weighted by atomic mass is 10.0. The molecule has 0 bridgehead atoms. The van der Waals surface area contributed by atoms with Crippen LogP contribution in [0.25, 0.3) is 0 Å². The van der Waals surface area contributed by atoms with Gasteiger partial charge in [0.05, 0.1) is 25.4 Å². The van der Waals surface area contributed by atoms with E-state index in [0.29, 0.717) is 12.5 Å². The van der Waals surface area contributed by atoms with Gasteiger partial charge in [-0.15, -0.1) is 0 Å². The van der Waals surface area contributed by atoms with E-state index in [1.807, 2.05) is 12.3 Å². The van der Waals surface area contributed by atoms with Gasteiger partial charge in [0, 0.05) is 39.0 Å². The Balaban J connectivity index is 1.92. The summed E-state index contributed by atoms with van der Waals surface area (Å²) in [4.78, 5) is 11.6. The fourth-order valence-electron chi connectivity index (χ4n) is 3.43. The predicted octanol–water partition coefficient (Wildman–Crippen LogP) is 2.81. The van der Waals surface area contributed by atoms with Crippen molar-refractivity contribution in [2.24, 2.45) is 10.9 Å². The summed E-state index contributed by atoms with van der Waals surface area (Å²) in [5, 5.41) is 6.76. The molecule has 29 heavy (non-hydrogen) atoms. The van der Waals surface area contributed by atoms with Gasteiger partial charge in [-0.2, -0.15) is 0 Å². The maximum absolute atomic E-state index is 5.83. The smallest absolute Gasteiger partial charge is 0.191 e. The second-order valence-electron chi connectivity index (χ2n) is 7.80. The van der Waals surface area contributed by atoms with Crippen LogP contribution in [-0.4, -0.2) is 62.5 Å². The van der Waals surface area contributed by atoms with Crippen LogP contribution in [0.2, 0.25) is 0 Å². The Morgan fingerprint density at radius 3 is 2.90 bits per heavy atom. The summed E-state index contributed by atoms with van der Waals surface area (Å²) in [5.41, 5.74) is 1.15. The summed E-state index contributed by atoms with van der Waals surface area (Å²) in [6, 6.07) is 4.17. The molecule has 2 rings (SSSR count). The molecule has 2 heterocycles. The number of guanidine groups is 1. The molecule has 1 fully saturated rings. The number of morpholine rings is 1. The van der Waals surface area contributed by atoms with E-state index in [9.17, 15) is 0 Å². The molecule has 0 aromatic carbocycles. The van der Waals surface area contributed by atoms with E-state index in [1.54, 1.807) is 0 Å². The van der Waals surface area contributed by atoms with Crippen molar-refractivity contribution in [3.8, 4) is 0 Å². The lowest BCUT2D eigenvalue weighted by Crippen LogP contribution is -2.41. The Morgan fingerprint density at radius 2 is 2.21 bits per heavy atom. The first-order valence-electron chi connectivity index (χ1n) is 11.0. The Labute approximate surface area is 176 Å². The molecule has 0 aliphatic carbocycles. The van der Waals surface area contributed by atoms with Gasteiger partial charge in [0.2, 0.25) is 0 Å². The number of aromatic nitrogens is 1. The second-order valence-corrected chi connectivity index (χ2v) is 7.80. The minimum absolute atomic E-state index is 0.239. The van der Waals surface area contributed by atoms with Crippen molar-refractivity contribution in [3.63, 3.8) is 0 Å². The number of nitrogens with one attached hydrogen (secondary N) is 2. The summed E-state index contributed by atoms with van der Waals surface area (Å²) in [7, 11) is 0. The van der Waals surface area contributed by atoms with E-state index in [1.165, 1.54) is 0 Å². The minimum atomic E-state index is 0.239. The zero-order chi connectivity index (χ0) is 21.1. The number of rotatable bonds is 10. The van der Waals surface area contributed by atoms with Crippen LogP contribution in [0.1, 0.15) is 46.6 Å². The van der Waals surface area contributed by atoms with E-state index in [-0.39, 0.29) is 12.2 Å². The molecule has 2 unspecified atom stereocenters. The topological polar surface area (TPSA) is 71.0 Å². The maximum Gasteiger partial charge on any atom is 0.191 e. The third-order valence-electron chi connectivity index (χ3n) is 4.98. The van der Waals surface area contributed by atoms with Gasteiger partial charge >= 0.3 is 0 Å². The predicted molar refractivity (Wildman–Crippen MR) is 120 cm³/mol. The van der Waals surface area contributed by atoms with Gasteiger partial charge in [0.25, 0.3) is 0 Å². The van der Waals surface area contributed by atoms with E-state index < -0.39 is 0 Å². The molecule has 1 saturated heterocycles. The lowest BCUT2D eigenvalue weighted by molar-refractivity contribution is 0.0258. The molecule has 1 aromatic heterocycles. The van der Waals surface area contributed by atoms with Crippen LogP contribution >= 0.6 is 0 Å². The molecule has 0 spiro atoms. The summed E-state index contributed by atoms with van der Waals surface area (Å²) in [5.74, 6) is 2.35. The van der Waals surface area contributed by atoms with Gasteiger partial charge < -0.3 is 25.0 Å². The SMILES string of the molecule is CCNC(=NCc1ccnc(N2CCOC(C)C2)c1)NCCC(OCC)C(C)C. The number of hydrogen-bond donors (Lipinski definition) is 2. The quantitative estimate of drug-likeness (QED) is 0.461. The Kier molecular flexibility index (Phi) is 10.2. The number of ether oxygens (including phenoxy) is 2. The molecule has 0 radical (unpaired) electrons. The van der Waals surface area contributed by atoms with Gasteiger partial charge in [0.15, 0.2) is 5.96 Å². The van der Waals surface area contributed by atoms with Gasteiger partial charge in [-0.3, -0.25) is 0 Å². The third kappa shape index (κ3) is 8.19. The average Bonchev–Trinajstić information content (AvgIpc) is 2.71. The molecular weight excluding hydrogens is 366 g/mol. The number of hydrogen-bond acceptors (Lipinski definition) is 5. The number of aliphatic imine (C=N–C) groups is 1. The number of pyridine rings is 1. The van der Waals surface area contributed by atoms with Crippen molar-refractivity contribution in [3.05, 3.63) is 23.9 Å². The second kappa shape index (κ2) is 12.6. The van der Waals surface area contributed by atoms with Crippen LogP contribution < -0.4 is 15.5 Å². The molecule has 1 aliphatic heterocycles. The van der Waals surface area contributed by atoms with Crippen LogP contribution in [-0.2, 0) is 16.0 Å². The van der Waals surface area contributed by atoms with Crippen molar-refractivity contribution in [2.75, 3.05) is 44.3 Å². The first-order valence-corrected chi connectivity index (χ1v) is 11.0. The normalized spacial score (nSPS) is 18.8. The minimum Gasteiger partial charge on any atom is -0.378 e.